The molecule has 0 radical (unpaired) electrons. The summed E-state index contributed by atoms with van der Waals surface area (Å²) in [5.41, 5.74) is 0.945. The highest BCUT2D eigenvalue weighted by molar-refractivity contribution is 9.10. The lowest BCUT2D eigenvalue weighted by molar-refractivity contribution is -0.128. The smallest absolute Gasteiger partial charge is 0.252 e. The summed E-state index contributed by atoms with van der Waals surface area (Å²) in [4.78, 5) is 18.9. The van der Waals surface area contributed by atoms with Crippen LogP contribution in [0.2, 0.25) is 10.0 Å². The van der Waals surface area contributed by atoms with E-state index in [4.69, 9.17) is 42.8 Å². The highest BCUT2D eigenvalue weighted by Gasteiger charge is 2.53. The second kappa shape index (κ2) is 13.0. The summed E-state index contributed by atoms with van der Waals surface area (Å²) in [6, 6.07) is 20.3. The number of aliphatic imine (C=N–C) groups is 1. The lowest BCUT2D eigenvalue weighted by Crippen LogP contribution is -2.50. The SMILES string of the molecule is CCCNC(=O)[C@]1(Cc2ccc(Br)cc2)N=C(c2ccc(OCCCO)cc2)O[C@@H]1c1ccc(Cl)cc1Cl. The quantitative estimate of drug-likeness (QED) is 0.239. The second-order valence-corrected chi connectivity index (χ2v) is 10.8. The van der Waals surface area contributed by atoms with Crippen LogP contribution in [-0.4, -0.2) is 42.2 Å². The maximum Gasteiger partial charge on any atom is 0.252 e. The largest absolute Gasteiger partial charge is 0.494 e. The Morgan fingerprint density at radius 1 is 1.13 bits per heavy atom. The molecule has 0 saturated heterocycles. The number of benzene rings is 3. The van der Waals surface area contributed by atoms with Crippen LogP contribution < -0.4 is 10.1 Å². The van der Waals surface area contributed by atoms with Crippen LogP contribution in [0.15, 0.2) is 76.2 Å². The lowest BCUT2D eigenvalue weighted by Gasteiger charge is -2.31. The molecule has 200 valence electrons. The van der Waals surface area contributed by atoms with Gasteiger partial charge in [0.2, 0.25) is 5.90 Å². The van der Waals surface area contributed by atoms with E-state index in [1.807, 2.05) is 55.5 Å². The molecule has 0 spiro atoms. The van der Waals surface area contributed by atoms with Gasteiger partial charge < -0.3 is 19.9 Å². The zero-order chi connectivity index (χ0) is 27.1. The Balaban J connectivity index is 1.79. The number of aliphatic hydroxyl groups is 1. The molecule has 0 bridgehead atoms. The Labute approximate surface area is 241 Å². The van der Waals surface area contributed by atoms with E-state index in [0.29, 0.717) is 58.8 Å². The van der Waals surface area contributed by atoms with Crippen LogP contribution in [0.1, 0.15) is 42.6 Å². The van der Waals surface area contributed by atoms with E-state index in [2.05, 4.69) is 21.2 Å². The molecule has 0 fully saturated rings. The molecule has 9 heteroatoms. The minimum absolute atomic E-state index is 0.0674. The Hall–Kier alpha value is -2.58. The standard InChI is InChI=1S/C29H29BrCl2N2O4/c1-2-14-33-28(36)29(18-19-4-8-21(30)9-5-19)26(24-13-10-22(31)17-25(24)32)38-27(34-29)20-6-11-23(12-7-20)37-16-3-15-35/h4-13,17,26,35H,2-3,14-16,18H2,1H3,(H,33,36)/t26-,29-/m1/s1. The van der Waals surface area contributed by atoms with E-state index in [-0.39, 0.29) is 12.5 Å². The Kier molecular flexibility index (Phi) is 9.71. The van der Waals surface area contributed by atoms with Gasteiger partial charge in [0.25, 0.3) is 5.91 Å². The number of nitrogens with zero attached hydrogens (tertiary/aromatic N) is 1. The molecule has 1 amide bonds. The van der Waals surface area contributed by atoms with Crippen LogP contribution in [-0.2, 0) is 16.0 Å². The molecule has 1 heterocycles. The predicted molar refractivity (Wildman–Crippen MR) is 154 cm³/mol. The average Bonchev–Trinajstić information content (AvgIpc) is 3.29. The fourth-order valence-electron chi connectivity index (χ4n) is 4.28. The molecule has 2 N–H and O–H groups in total. The first-order valence-corrected chi connectivity index (χ1v) is 14.0. The maximum absolute atomic E-state index is 13.9. The Bertz CT molecular complexity index is 1280. The molecular weight excluding hydrogens is 591 g/mol. The van der Waals surface area contributed by atoms with E-state index in [1.54, 1.807) is 18.2 Å². The first kappa shape index (κ1) is 28.4. The van der Waals surface area contributed by atoms with Crippen LogP contribution in [0.5, 0.6) is 5.75 Å². The molecule has 0 aliphatic carbocycles. The molecule has 0 unspecified atom stereocenters. The van der Waals surface area contributed by atoms with Gasteiger partial charge in [-0.05, 0) is 60.5 Å². The van der Waals surface area contributed by atoms with Gasteiger partial charge in [0.15, 0.2) is 11.6 Å². The van der Waals surface area contributed by atoms with Crippen molar-refractivity contribution in [2.75, 3.05) is 19.8 Å². The number of hydrogen-bond acceptors (Lipinski definition) is 5. The van der Waals surface area contributed by atoms with E-state index < -0.39 is 11.6 Å². The van der Waals surface area contributed by atoms with E-state index in [0.717, 1.165) is 16.5 Å². The van der Waals surface area contributed by atoms with Gasteiger partial charge in [-0.2, -0.15) is 0 Å². The molecule has 3 aromatic carbocycles. The molecule has 6 nitrogen and oxygen atoms in total. The molecule has 1 aliphatic heterocycles. The molecule has 2 atom stereocenters. The van der Waals surface area contributed by atoms with Crippen molar-refractivity contribution < 1.29 is 19.4 Å². The third-order valence-corrected chi connectivity index (χ3v) is 7.29. The molecule has 38 heavy (non-hydrogen) atoms. The van der Waals surface area contributed by atoms with Crippen molar-refractivity contribution in [2.45, 2.75) is 37.8 Å². The number of halogens is 3. The summed E-state index contributed by atoms with van der Waals surface area (Å²) in [6.45, 7) is 2.99. The second-order valence-electron chi connectivity index (χ2n) is 9.01. The van der Waals surface area contributed by atoms with Gasteiger partial charge in [-0.3, -0.25) is 4.79 Å². The van der Waals surface area contributed by atoms with Crippen molar-refractivity contribution in [3.8, 4) is 5.75 Å². The Morgan fingerprint density at radius 2 is 1.87 bits per heavy atom. The van der Waals surface area contributed by atoms with Gasteiger partial charge in [0, 0.05) is 51.6 Å². The number of amides is 1. The van der Waals surface area contributed by atoms with Crippen molar-refractivity contribution in [1.82, 2.24) is 5.32 Å². The minimum Gasteiger partial charge on any atom is -0.494 e. The molecule has 4 rings (SSSR count). The van der Waals surface area contributed by atoms with E-state index >= 15 is 0 Å². The molecule has 0 saturated carbocycles. The first-order chi connectivity index (χ1) is 18.4. The van der Waals surface area contributed by atoms with Gasteiger partial charge in [0.1, 0.15) is 5.75 Å². The summed E-state index contributed by atoms with van der Waals surface area (Å²) in [7, 11) is 0. The summed E-state index contributed by atoms with van der Waals surface area (Å²) in [6.07, 6.45) is 0.836. The highest BCUT2D eigenvalue weighted by atomic mass is 79.9. The van der Waals surface area contributed by atoms with Gasteiger partial charge in [0.05, 0.1) is 6.61 Å². The van der Waals surface area contributed by atoms with Crippen LogP contribution >= 0.6 is 39.1 Å². The van der Waals surface area contributed by atoms with Crippen LogP contribution in [0.4, 0.5) is 0 Å². The number of ether oxygens (including phenoxy) is 2. The molecular formula is C29H29BrCl2N2O4. The number of nitrogens with one attached hydrogen (secondary N) is 1. The molecule has 0 aromatic heterocycles. The lowest BCUT2D eigenvalue weighted by atomic mass is 9.82. The summed E-state index contributed by atoms with van der Waals surface area (Å²) in [5.74, 6) is 0.767. The Morgan fingerprint density at radius 3 is 2.53 bits per heavy atom. The van der Waals surface area contributed by atoms with Gasteiger partial charge in [-0.1, -0.05) is 64.3 Å². The molecule has 1 aliphatic rings. The van der Waals surface area contributed by atoms with E-state index in [9.17, 15) is 4.79 Å². The van der Waals surface area contributed by atoms with Crippen molar-refractivity contribution in [1.29, 1.82) is 0 Å². The third-order valence-electron chi connectivity index (χ3n) is 6.20. The molecule has 3 aromatic rings. The fourth-order valence-corrected chi connectivity index (χ4v) is 5.05. The predicted octanol–water partition coefficient (Wildman–Crippen LogP) is 6.54. The fraction of sp³-hybridized carbons (Fsp3) is 0.310. The summed E-state index contributed by atoms with van der Waals surface area (Å²) < 4.78 is 13.1. The minimum atomic E-state index is -1.31. The van der Waals surface area contributed by atoms with Gasteiger partial charge in [-0.15, -0.1) is 0 Å². The van der Waals surface area contributed by atoms with Crippen molar-refractivity contribution in [3.63, 3.8) is 0 Å². The third kappa shape index (κ3) is 6.52. The average molecular weight is 620 g/mol. The highest BCUT2D eigenvalue weighted by Crippen LogP contribution is 2.45. The van der Waals surface area contributed by atoms with Crippen LogP contribution in [0.25, 0.3) is 0 Å². The number of carbonyl (C=O) groups excluding carboxylic acids is 1. The summed E-state index contributed by atoms with van der Waals surface area (Å²) in [5, 5.41) is 12.9. The zero-order valence-corrected chi connectivity index (χ0v) is 24.0. The van der Waals surface area contributed by atoms with Crippen molar-refractivity contribution in [3.05, 3.63) is 97.9 Å². The number of rotatable bonds is 11. The van der Waals surface area contributed by atoms with Crippen molar-refractivity contribution >= 4 is 50.9 Å². The summed E-state index contributed by atoms with van der Waals surface area (Å²) >= 11 is 16.3. The van der Waals surface area contributed by atoms with Crippen LogP contribution in [0.3, 0.4) is 0 Å². The first-order valence-electron chi connectivity index (χ1n) is 12.4. The zero-order valence-electron chi connectivity index (χ0n) is 20.9. The number of aliphatic hydroxyl groups excluding tert-OH is 1. The normalized spacial score (nSPS) is 18.6. The number of carbonyl (C=O) groups is 1. The van der Waals surface area contributed by atoms with E-state index in [1.165, 1.54) is 0 Å². The number of hydrogen-bond donors (Lipinski definition) is 2. The van der Waals surface area contributed by atoms with Gasteiger partial charge in [-0.25, -0.2) is 4.99 Å². The monoisotopic (exact) mass is 618 g/mol. The van der Waals surface area contributed by atoms with Crippen LogP contribution in [0, 0.1) is 0 Å². The van der Waals surface area contributed by atoms with Crippen molar-refractivity contribution in [2.24, 2.45) is 4.99 Å². The topological polar surface area (TPSA) is 80.2 Å². The maximum atomic E-state index is 13.9. The van der Waals surface area contributed by atoms with Gasteiger partial charge >= 0.3 is 0 Å².